The van der Waals surface area contributed by atoms with Crippen LogP contribution in [0.4, 0.5) is 23.2 Å². The minimum atomic E-state index is -4.58. The largest absolute Gasteiger partial charge is 0.495 e. The van der Waals surface area contributed by atoms with Gasteiger partial charge in [0.15, 0.2) is 11.7 Å². The van der Waals surface area contributed by atoms with E-state index < -0.39 is 17.9 Å². The Bertz CT molecular complexity index is 1330. The number of carbonyl (C=O) groups excluding carboxylic acids is 1. The highest BCUT2D eigenvalue weighted by Gasteiger charge is 2.34. The molecule has 2 aromatic carbocycles. The van der Waals surface area contributed by atoms with E-state index >= 15 is 0 Å². The van der Waals surface area contributed by atoms with E-state index in [1.165, 1.54) is 41.0 Å². The number of likely N-dealkylation sites (N-methyl/N-ethyl adjacent to an activating group) is 1. The molecular weight excluding hydrogens is 480 g/mol. The maximum absolute atomic E-state index is 14.3. The van der Waals surface area contributed by atoms with Gasteiger partial charge in [0.25, 0.3) is 5.91 Å². The van der Waals surface area contributed by atoms with Crippen LogP contribution in [0.2, 0.25) is 0 Å². The van der Waals surface area contributed by atoms with Gasteiger partial charge in [0.05, 0.1) is 19.1 Å². The van der Waals surface area contributed by atoms with Gasteiger partial charge >= 0.3 is 6.18 Å². The van der Waals surface area contributed by atoms with Crippen LogP contribution in [-0.2, 0) is 17.4 Å². The molecule has 1 unspecified atom stereocenters. The Hall–Kier alpha value is -4.06. The monoisotopic (exact) mass is 503 g/mol. The number of nitrogens with two attached hydrogens (primary N) is 1. The zero-order valence-electron chi connectivity index (χ0n) is 19.4. The van der Waals surface area contributed by atoms with E-state index in [0.717, 1.165) is 12.5 Å². The highest BCUT2D eigenvalue weighted by Crippen LogP contribution is 2.32. The number of anilines is 1. The highest BCUT2D eigenvalue weighted by molar-refractivity contribution is 5.97. The number of methoxy groups -OCH3 is 1. The Morgan fingerprint density at radius 2 is 2.06 bits per heavy atom. The van der Waals surface area contributed by atoms with Crippen molar-refractivity contribution in [3.05, 3.63) is 77.8 Å². The van der Waals surface area contributed by atoms with Gasteiger partial charge in [0, 0.05) is 36.5 Å². The fraction of sp³-hybridized carbons (Fsp3) is 0.250. The number of fused-ring (bicyclic) bond motifs is 1. The molecule has 3 N–H and O–H groups in total. The lowest BCUT2D eigenvalue weighted by molar-refractivity contribution is -0.612. The normalized spacial score (nSPS) is 16.5. The topological polar surface area (TPSA) is 100 Å². The van der Waals surface area contributed by atoms with Crippen molar-refractivity contribution >= 4 is 17.3 Å². The molecule has 0 saturated carbocycles. The number of nitrogens with one attached hydrogen (secondary N) is 1. The summed E-state index contributed by atoms with van der Waals surface area (Å²) in [7, 11) is 2.96. The summed E-state index contributed by atoms with van der Waals surface area (Å²) in [5.74, 6) is -0.338. The van der Waals surface area contributed by atoms with E-state index in [9.17, 15) is 22.4 Å². The second-order valence-electron chi connectivity index (χ2n) is 8.19. The third kappa shape index (κ3) is 4.85. The molecule has 8 nitrogen and oxygen atoms in total. The van der Waals surface area contributed by atoms with Gasteiger partial charge in [0.2, 0.25) is 0 Å². The molecule has 0 saturated heterocycles. The standard InChI is InChI=1S/C24H22F4N6O2/c1-33-19-5-3-4-16(25)15(19)7-8-17(23(33)35)30-11-18(32-29)14-6-9-20(21(10-14)36-2)34-12-22(31-13-34)24(26,27)28/h3-6,9-13,17,29-30H,7-8H2,1-2H3/p+1/b18-11-,32-29?. The summed E-state index contributed by atoms with van der Waals surface area (Å²) in [4.78, 5) is 17.8. The Kier molecular flexibility index (Phi) is 6.88. The van der Waals surface area contributed by atoms with Gasteiger partial charge in [-0.2, -0.15) is 18.3 Å². The molecule has 36 heavy (non-hydrogen) atoms. The maximum Gasteiger partial charge on any atom is 0.434 e. The molecule has 2 heterocycles. The molecule has 0 fully saturated rings. The van der Waals surface area contributed by atoms with Crippen LogP contribution in [0.25, 0.3) is 11.4 Å². The highest BCUT2D eigenvalue weighted by atomic mass is 19.4. The van der Waals surface area contributed by atoms with Gasteiger partial charge in [-0.05, 0) is 30.7 Å². The molecule has 1 aliphatic rings. The first-order chi connectivity index (χ1) is 17.1. The summed E-state index contributed by atoms with van der Waals surface area (Å²) < 4.78 is 59.6. The lowest BCUT2D eigenvalue weighted by Gasteiger charge is -2.19. The second kappa shape index (κ2) is 9.90. The number of rotatable bonds is 6. The van der Waals surface area contributed by atoms with E-state index in [1.54, 1.807) is 30.6 Å². The number of aromatic nitrogens is 2. The van der Waals surface area contributed by atoms with Gasteiger partial charge in [0.1, 0.15) is 23.5 Å². The van der Waals surface area contributed by atoms with Crippen LogP contribution in [0, 0.1) is 11.3 Å². The number of alkyl halides is 3. The molecule has 0 bridgehead atoms. The first-order valence-corrected chi connectivity index (χ1v) is 10.9. The summed E-state index contributed by atoms with van der Waals surface area (Å²) in [6.07, 6.45) is -0.411. The molecule has 1 aromatic heterocycles. The number of hydrogen-bond acceptors (Lipinski definition) is 5. The first kappa shape index (κ1) is 25.0. The van der Waals surface area contributed by atoms with Crippen molar-refractivity contribution in [1.82, 2.24) is 9.55 Å². The molecule has 188 valence electrons. The first-order valence-electron chi connectivity index (χ1n) is 10.9. The number of ether oxygens (including phenoxy) is 1. The van der Waals surface area contributed by atoms with Crippen LogP contribution >= 0.6 is 0 Å². The minimum absolute atomic E-state index is 0.213. The average Bonchev–Trinajstić information content (AvgIpc) is 3.32. The van der Waals surface area contributed by atoms with E-state index in [-0.39, 0.29) is 23.2 Å². The molecule has 3 aromatic rings. The van der Waals surface area contributed by atoms with Gasteiger partial charge in [-0.3, -0.25) is 4.79 Å². The smallest absolute Gasteiger partial charge is 0.434 e. The van der Waals surface area contributed by atoms with Gasteiger partial charge in [-0.25, -0.2) is 14.9 Å². The molecule has 0 aliphatic carbocycles. The number of quaternary nitrogens is 1. The number of benzene rings is 2. The fourth-order valence-corrected chi connectivity index (χ4v) is 4.13. The van der Waals surface area contributed by atoms with Crippen LogP contribution in [-0.4, -0.2) is 35.7 Å². The van der Waals surface area contributed by atoms with Gasteiger partial charge in [-0.1, -0.05) is 12.1 Å². The SMILES string of the molecule is COc1cc(/C(=C/[NH2+]C2CCc3c(F)cccc3N(C)C2=O)N=N)ccc1-n1cnc(C(F)(F)F)c1. The molecule has 1 amide bonds. The lowest BCUT2D eigenvalue weighted by Crippen LogP contribution is -2.87. The quantitative estimate of drug-likeness (QED) is 0.394. The van der Waals surface area contributed by atoms with Crippen LogP contribution in [0.15, 0.2) is 60.2 Å². The minimum Gasteiger partial charge on any atom is -0.495 e. The number of halogens is 4. The van der Waals surface area contributed by atoms with E-state index in [2.05, 4.69) is 10.1 Å². The van der Waals surface area contributed by atoms with Crippen molar-refractivity contribution in [3.63, 3.8) is 0 Å². The fourth-order valence-electron chi connectivity index (χ4n) is 4.13. The summed E-state index contributed by atoms with van der Waals surface area (Å²) >= 11 is 0. The Morgan fingerprint density at radius 3 is 2.72 bits per heavy atom. The molecule has 1 aliphatic heterocycles. The molecule has 12 heteroatoms. The van der Waals surface area contributed by atoms with Crippen LogP contribution in [0.5, 0.6) is 5.75 Å². The molecule has 0 spiro atoms. The number of imidazole rings is 1. The number of amides is 1. The third-order valence-electron chi connectivity index (χ3n) is 6.04. The Labute approximate surface area is 203 Å². The summed E-state index contributed by atoms with van der Waals surface area (Å²) in [5, 5.41) is 5.18. The zero-order chi connectivity index (χ0) is 26.0. The van der Waals surface area contributed by atoms with Crippen molar-refractivity contribution in [2.24, 2.45) is 5.11 Å². The lowest BCUT2D eigenvalue weighted by atomic mass is 10.1. The predicted molar refractivity (Wildman–Crippen MR) is 122 cm³/mol. The van der Waals surface area contributed by atoms with E-state index in [4.69, 9.17) is 10.3 Å². The number of carbonyl (C=O) groups is 1. The van der Waals surface area contributed by atoms with Crippen molar-refractivity contribution in [1.29, 1.82) is 5.53 Å². The molecule has 1 atom stereocenters. The third-order valence-corrected chi connectivity index (χ3v) is 6.04. The summed E-state index contributed by atoms with van der Waals surface area (Å²) in [6, 6.07) is 8.70. The Morgan fingerprint density at radius 1 is 1.28 bits per heavy atom. The van der Waals surface area contributed by atoms with Gasteiger partial charge < -0.3 is 19.5 Å². The van der Waals surface area contributed by atoms with Crippen LogP contribution < -0.4 is 15.0 Å². The van der Waals surface area contributed by atoms with E-state index in [0.29, 0.717) is 35.3 Å². The average molecular weight is 503 g/mol. The van der Waals surface area contributed by atoms with Gasteiger partial charge in [-0.15, -0.1) is 0 Å². The van der Waals surface area contributed by atoms with Crippen molar-refractivity contribution in [2.45, 2.75) is 25.1 Å². The molecular formula is C24H23F4N6O2+. The predicted octanol–water partition coefficient (Wildman–Crippen LogP) is 3.91. The van der Waals surface area contributed by atoms with Crippen molar-refractivity contribution < 1.29 is 32.4 Å². The number of nitrogens with zero attached hydrogens (tertiary/aromatic N) is 4. The van der Waals surface area contributed by atoms with E-state index in [1.807, 2.05) is 0 Å². The summed E-state index contributed by atoms with van der Waals surface area (Å²) in [5.41, 5.74) is 8.57. The molecule has 4 rings (SSSR count). The summed E-state index contributed by atoms with van der Waals surface area (Å²) in [6.45, 7) is 0. The Balaban J connectivity index is 1.58. The second-order valence-corrected chi connectivity index (χ2v) is 8.19. The van der Waals surface area contributed by atoms with Crippen LogP contribution in [0.1, 0.15) is 23.2 Å². The number of hydrogen-bond donors (Lipinski definition) is 2. The van der Waals surface area contributed by atoms with Crippen LogP contribution in [0.3, 0.4) is 0 Å². The molecule has 0 radical (unpaired) electrons. The van der Waals surface area contributed by atoms with Crippen molar-refractivity contribution in [2.75, 3.05) is 19.1 Å². The maximum atomic E-state index is 14.3. The zero-order valence-corrected chi connectivity index (χ0v) is 19.4. The van der Waals surface area contributed by atoms with Crippen molar-refractivity contribution in [3.8, 4) is 11.4 Å².